The van der Waals surface area contributed by atoms with Gasteiger partial charge in [-0.05, 0) is 77.0 Å². The molecule has 0 spiro atoms. The Hall–Kier alpha value is -3.28. The van der Waals surface area contributed by atoms with Gasteiger partial charge in [0.2, 0.25) is 6.79 Å². The highest BCUT2D eigenvalue weighted by Gasteiger charge is 2.29. The third-order valence-electron chi connectivity index (χ3n) is 11.8. The van der Waals surface area contributed by atoms with Crippen molar-refractivity contribution in [3.8, 4) is 0 Å². The highest BCUT2D eigenvalue weighted by molar-refractivity contribution is 5.72. The summed E-state index contributed by atoms with van der Waals surface area (Å²) in [6.07, 6.45) is 24.4. The second-order valence-corrected chi connectivity index (χ2v) is 19.7. The molecule has 0 fully saturated rings. The normalized spacial score (nSPS) is 13.3. The number of aliphatic hydroxyl groups excluding tert-OH is 2. The number of quaternary nitrogens is 2. The van der Waals surface area contributed by atoms with E-state index in [0.29, 0.717) is 60.6 Å². The smallest absolute Gasteiger partial charge is 0.362 e. The number of rotatable bonds is 44. The fourth-order valence-corrected chi connectivity index (χ4v) is 7.43. The molecule has 0 heterocycles. The molecular formula is C53H96Cl2N2O14. The molecule has 2 N–H and O–H groups in total. The van der Waals surface area contributed by atoms with Crippen LogP contribution < -0.4 is 24.8 Å². The number of hydrogen-bond donors (Lipinski definition) is 2. The van der Waals surface area contributed by atoms with Crippen molar-refractivity contribution in [2.24, 2.45) is 0 Å². The molecule has 416 valence electrons. The van der Waals surface area contributed by atoms with Gasteiger partial charge in [-0.1, -0.05) is 102 Å². The van der Waals surface area contributed by atoms with Crippen LogP contribution in [0.15, 0.2) is 24.3 Å². The maximum atomic E-state index is 12.8. The van der Waals surface area contributed by atoms with Crippen molar-refractivity contribution in [1.82, 2.24) is 0 Å². The van der Waals surface area contributed by atoms with Gasteiger partial charge in [0.1, 0.15) is 38.5 Å². The molecule has 0 bridgehead atoms. The first-order valence-corrected chi connectivity index (χ1v) is 26.1. The molecule has 16 nitrogen and oxygen atoms in total. The summed E-state index contributed by atoms with van der Waals surface area (Å²) in [4.78, 5) is 71.9. The molecule has 4 atom stereocenters. The topological polar surface area (TPSA) is 198 Å². The lowest BCUT2D eigenvalue weighted by Gasteiger charge is -2.30. The zero-order chi connectivity index (χ0) is 51.8. The molecule has 0 aromatic carbocycles. The number of likely N-dealkylation sites (N-methyl/N-ethyl adjacent to an activating group) is 2. The van der Waals surface area contributed by atoms with Crippen molar-refractivity contribution in [1.29, 1.82) is 0 Å². The van der Waals surface area contributed by atoms with Crippen molar-refractivity contribution < 1.29 is 101 Å². The summed E-state index contributed by atoms with van der Waals surface area (Å²) in [5, 5.41) is 21.8. The number of esters is 6. The van der Waals surface area contributed by atoms with Crippen LogP contribution in [0, 0.1) is 0 Å². The number of halogens is 2. The molecular weight excluding hydrogens is 959 g/mol. The zero-order valence-corrected chi connectivity index (χ0v) is 46.5. The Kier molecular flexibility index (Phi) is 46.0. The highest BCUT2D eigenvalue weighted by Crippen LogP contribution is 2.18. The minimum Gasteiger partial charge on any atom is -1.00 e. The lowest BCUT2D eigenvalue weighted by atomic mass is 10.0. The van der Waals surface area contributed by atoms with Crippen LogP contribution in [0.5, 0.6) is 0 Å². The fourth-order valence-electron chi connectivity index (χ4n) is 7.43. The van der Waals surface area contributed by atoms with Crippen LogP contribution in [0.4, 0.5) is 0 Å². The Morgan fingerprint density at radius 1 is 0.465 bits per heavy atom. The summed E-state index contributed by atoms with van der Waals surface area (Å²) in [5.74, 6) is -2.24. The zero-order valence-electron chi connectivity index (χ0n) is 45.0. The summed E-state index contributed by atoms with van der Waals surface area (Å²) >= 11 is 0. The van der Waals surface area contributed by atoms with Crippen molar-refractivity contribution in [2.75, 3.05) is 74.4 Å². The number of carbonyl (C=O) groups excluding carboxylic acids is 6. The number of carbonyl (C=O) groups is 6. The third kappa shape index (κ3) is 45.1. The van der Waals surface area contributed by atoms with Gasteiger partial charge in [0, 0.05) is 26.7 Å². The van der Waals surface area contributed by atoms with E-state index in [2.05, 4.69) is 26.0 Å². The van der Waals surface area contributed by atoms with Crippen LogP contribution in [0.1, 0.15) is 182 Å². The number of allylic oxidation sites excluding steroid dienone is 2. The quantitative estimate of drug-likeness (QED) is 0.0225. The molecule has 0 aliphatic carbocycles. The predicted octanol–water partition coefficient (Wildman–Crippen LogP) is 2.38. The lowest BCUT2D eigenvalue weighted by Crippen LogP contribution is -3.00. The first-order chi connectivity index (χ1) is 32.8. The van der Waals surface area contributed by atoms with Gasteiger partial charge in [0.25, 0.3) is 0 Å². The Bertz CT molecular complexity index is 1370. The molecule has 0 amide bonds. The van der Waals surface area contributed by atoms with Gasteiger partial charge >= 0.3 is 35.8 Å². The average Bonchev–Trinajstić information content (AvgIpc) is 3.26. The van der Waals surface area contributed by atoms with E-state index in [-0.39, 0.29) is 107 Å². The van der Waals surface area contributed by atoms with Crippen LogP contribution in [0.25, 0.3) is 0 Å². The molecule has 0 saturated heterocycles. The van der Waals surface area contributed by atoms with Crippen LogP contribution in [0.2, 0.25) is 0 Å². The number of unbranched alkanes of at least 4 members (excludes halogenated alkanes) is 14. The van der Waals surface area contributed by atoms with E-state index in [9.17, 15) is 39.0 Å². The van der Waals surface area contributed by atoms with Crippen LogP contribution >= 0.6 is 0 Å². The number of nitrogens with zero attached hydrogens (tertiary/aromatic N) is 2. The Labute approximate surface area is 440 Å². The van der Waals surface area contributed by atoms with E-state index in [0.717, 1.165) is 103 Å². The SMILES string of the molecule is CCCCCC(OC(=O)C[N+](C)(C)CCOC(C)=O)C(O)C/C=C\CCCCCCCC(=O)OCOC(=O)CCCCCCC/C=C\CC(O)C(CCCCC)OC(=O)C[N+](C)(C)CCOC(C)=O.[Cl-].[Cl-]. The summed E-state index contributed by atoms with van der Waals surface area (Å²) in [6, 6.07) is 0. The maximum Gasteiger partial charge on any atom is 0.362 e. The molecule has 0 radical (unpaired) electrons. The largest absolute Gasteiger partial charge is 1.00 e. The molecule has 0 aromatic heterocycles. The van der Waals surface area contributed by atoms with E-state index in [1.54, 1.807) is 0 Å². The summed E-state index contributed by atoms with van der Waals surface area (Å²) < 4.78 is 32.3. The standard InChI is InChI=1S/C53H96N2O14.2ClH/c1-9-11-25-33-48(68-52(62)41-54(5,6)37-39-64-44(3)56)46(58)31-27-21-17-13-15-19-23-29-35-50(60)66-43-67-51(61)36-30-24-20-16-14-18-22-28-32-47(59)49(34-26-12-10-2)69-53(63)42-55(7,8)38-40-65-45(4)57;;/h21-22,27-28,46-49,58-59H,9-20,23-26,29-43H2,1-8H3;2*1H/q+2;;/p-2/b27-21-,28-22-;;. The predicted molar refractivity (Wildman–Crippen MR) is 266 cm³/mol. The molecule has 18 heteroatoms. The van der Waals surface area contributed by atoms with E-state index in [1.165, 1.54) is 13.8 Å². The first kappa shape index (κ1) is 72.0. The molecule has 0 saturated carbocycles. The van der Waals surface area contributed by atoms with Crippen molar-refractivity contribution >= 4 is 35.8 Å². The molecule has 71 heavy (non-hydrogen) atoms. The minimum absolute atomic E-state index is 0. The minimum atomic E-state index is -0.792. The van der Waals surface area contributed by atoms with E-state index in [1.807, 2.05) is 40.3 Å². The second-order valence-electron chi connectivity index (χ2n) is 19.7. The van der Waals surface area contributed by atoms with E-state index in [4.69, 9.17) is 28.4 Å². The van der Waals surface area contributed by atoms with Gasteiger partial charge in [-0.15, -0.1) is 0 Å². The Morgan fingerprint density at radius 3 is 1.17 bits per heavy atom. The molecule has 0 aliphatic rings. The Morgan fingerprint density at radius 2 is 0.817 bits per heavy atom. The van der Waals surface area contributed by atoms with Crippen molar-refractivity contribution in [2.45, 2.75) is 206 Å². The first-order valence-electron chi connectivity index (χ1n) is 26.1. The highest BCUT2D eigenvalue weighted by atomic mass is 35.5. The maximum absolute atomic E-state index is 12.8. The van der Waals surface area contributed by atoms with Crippen molar-refractivity contribution in [3.63, 3.8) is 0 Å². The number of hydrogen-bond acceptors (Lipinski definition) is 14. The van der Waals surface area contributed by atoms with E-state index < -0.39 is 24.4 Å². The van der Waals surface area contributed by atoms with Crippen molar-refractivity contribution in [3.05, 3.63) is 24.3 Å². The molecule has 0 rings (SSSR count). The molecule has 4 unspecified atom stereocenters. The molecule has 0 aliphatic heterocycles. The van der Waals surface area contributed by atoms with Gasteiger partial charge in [0.05, 0.1) is 40.4 Å². The monoisotopic (exact) mass is 1050 g/mol. The van der Waals surface area contributed by atoms with Gasteiger partial charge in [0.15, 0.2) is 13.1 Å². The summed E-state index contributed by atoms with van der Waals surface area (Å²) in [5.41, 5.74) is 0. The lowest BCUT2D eigenvalue weighted by molar-refractivity contribution is -0.883. The van der Waals surface area contributed by atoms with E-state index >= 15 is 0 Å². The van der Waals surface area contributed by atoms with Gasteiger partial charge in [-0.25, -0.2) is 9.59 Å². The summed E-state index contributed by atoms with van der Waals surface area (Å²) in [7, 11) is 7.49. The second kappa shape index (κ2) is 45.3. The van der Waals surface area contributed by atoms with Crippen LogP contribution in [0.3, 0.4) is 0 Å². The summed E-state index contributed by atoms with van der Waals surface area (Å²) in [6.45, 7) is 8.15. The number of aliphatic hydroxyl groups is 2. The fraction of sp³-hybridized carbons (Fsp3) is 0.811. The third-order valence-corrected chi connectivity index (χ3v) is 11.8. The average molecular weight is 1060 g/mol. The number of ether oxygens (including phenoxy) is 6. The van der Waals surface area contributed by atoms with Crippen LogP contribution in [-0.2, 0) is 57.2 Å². The van der Waals surface area contributed by atoms with Gasteiger partial charge < -0.3 is 72.4 Å². The van der Waals surface area contributed by atoms with Crippen LogP contribution in [-0.4, -0.2) is 154 Å². The van der Waals surface area contributed by atoms with Gasteiger partial charge in [-0.3, -0.25) is 19.2 Å². The van der Waals surface area contributed by atoms with Gasteiger partial charge in [-0.2, -0.15) is 0 Å². The Balaban J connectivity index is -0.0000231. The molecule has 0 aromatic rings.